The molecule has 1 amide bonds. The maximum atomic E-state index is 12.9. The molecule has 6 heteroatoms. The monoisotopic (exact) mass is 463 g/mol. The lowest BCUT2D eigenvalue weighted by Crippen LogP contribution is -2.49. The fourth-order valence-corrected chi connectivity index (χ4v) is 4.08. The second kappa shape index (κ2) is 14.5. The molecule has 1 aromatic carbocycles. The number of Topliss-reactive ketones (excluding diaryl/α,β-unsaturated/α-hetero) is 1. The molecule has 1 rings (SSSR count). The first-order valence-corrected chi connectivity index (χ1v) is 15.1. The molecule has 0 aliphatic carbocycles. The van der Waals surface area contributed by atoms with Crippen molar-refractivity contribution in [3.05, 3.63) is 35.9 Å². The Labute approximate surface area is 196 Å². The number of amides is 1. The van der Waals surface area contributed by atoms with Crippen LogP contribution in [0.4, 0.5) is 4.79 Å². The van der Waals surface area contributed by atoms with Crippen molar-refractivity contribution >= 4 is 20.2 Å². The Hall–Kier alpha value is -1.66. The number of rotatable bonds is 15. The Bertz CT molecular complexity index is 670. The summed E-state index contributed by atoms with van der Waals surface area (Å²) in [5.74, 6) is 0.0222. The van der Waals surface area contributed by atoms with Crippen LogP contribution in [-0.4, -0.2) is 32.8 Å². The molecule has 0 unspecified atom stereocenters. The van der Waals surface area contributed by atoms with Crippen LogP contribution < -0.4 is 5.32 Å². The highest BCUT2D eigenvalue weighted by Crippen LogP contribution is 2.36. The summed E-state index contributed by atoms with van der Waals surface area (Å²) in [6.07, 6.45) is 7.94. The van der Waals surface area contributed by atoms with Crippen LogP contribution in [0.5, 0.6) is 0 Å². The summed E-state index contributed by atoms with van der Waals surface area (Å²) in [7, 11) is -2.04. The molecular formula is C26H45NO4Si. The highest BCUT2D eigenvalue weighted by atomic mass is 28.4. The lowest BCUT2D eigenvalue weighted by Gasteiger charge is -2.37. The predicted molar refractivity (Wildman–Crippen MR) is 134 cm³/mol. The van der Waals surface area contributed by atoms with Crippen LogP contribution in [0, 0.1) is 0 Å². The second-order valence-corrected chi connectivity index (χ2v) is 15.0. The number of carbonyl (C=O) groups is 2. The van der Waals surface area contributed by atoms with Gasteiger partial charge in [0.15, 0.2) is 14.1 Å². The van der Waals surface area contributed by atoms with Gasteiger partial charge in [0.05, 0.1) is 6.61 Å². The maximum absolute atomic E-state index is 12.9. The maximum Gasteiger partial charge on any atom is 0.408 e. The fraction of sp³-hybridized carbons (Fsp3) is 0.692. The molecule has 0 fully saturated rings. The topological polar surface area (TPSA) is 64.6 Å². The van der Waals surface area contributed by atoms with E-state index >= 15 is 0 Å². The molecule has 0 aliphatic heterocycles. The van der Waals surface area contributed by atoms with Crippen LogP contribution in [0.1, 0.15) is 84.6 Å². The largest absolute Gasteiger partial charge is 0.445 e. The second-order valence-electron chi connectivity index (χ2n) is 10.2. The average Bonchev–Trinajstić information content (AvgIpc) is 2.74. The Morgan fingerprint density at radius 3 is 2.16 bits per heavy atom. The number of hydrogen-bond donors (Lipinski definition) is 1. The summed E-state index contributed by atoms with van der Waals surface area (Å²) in [6, 6.07) is 8.84. The van der Waals surface area contributed by atoms with Crippen LogP contribution in [0.25, 0.3) is 0 Å². The lowest BCUT2D eigenvalue weighted by atomic mass is 10.0. The van der Waals surface area contributed by atoms with E-state index in [9.17, 15) is 9.59 Å². The minimum atomic E-state index is -2.04. The molecule has 1 atom stereocenters. The minimum Gasteiger partial charge on any atom is -0.445 e. The first-order valence-electron chi connectivity index (χ1n) is 12.2. The summed E-state index contributed by atoms with van der Waals surface area (Å²) in [6.45, 7) is 13.4. The number of unbranched alkanes of at least 4 members (excludes halogenated alkanes) is 6. The number of hydrogen-bond acceptors (Lipinski definition) is 4. The Morgan fingerprint density at radius 1 is 0.969 bits per heavy atom. The molecule has 182 valence electrons. The first-order chi connectivity index (χ1) is 15.1. The number of ketones is 1. The first kappa shape index (κ1) is 28.4. The normalized spacial score (nSPS) is 12.9. The minimum absolute atomic E-state index is 0.0222. The highest BCUT2D eigenvalue weighted by Gasteiger charge is 2.38. The molecule has 0 aliphatic rings. The van der Waals surface area contributed by atoms with Crippen LogP contribution in [-0.2, 0) is 20.6 Å². The standard InChI is InChI=1S/C26H45NO4Si/c1-7-8-9-10-11-12-16-19-24(28)23(21-31-32(5,6)26(2,3)4)27-25(29)30-20-22-17-14-13-15-18-22/h13-15,17-18,23H,7-12,16,19-21H2,1-6H3,(H,27,29)/t23-/m1/s1. The number of benzene rings is 1. The Balaban J connectivity index is 2.60. The van der Waals surface area contributed by atoms with E-state index in [1.807, 2.05) is 30.3 Å². The van der Waals surface area contributed by atoms with Gasteiger partial charge >= 0.3 is 6.09 Å². The Morgan fingerprint density at radius 2 is 1.56 bits per heavy atom. The van der Waals surface area contributed by atoms with Crippen molar-refractivity contribution in [1.82, 2.24) is 5.32 Å². The van der Waals surface area contributed by atoms with Gasteiger partial charge in [-0.3, -0.25) is 4.79 Å². The van der Waals surface area contributed by atoms with E-state index in [1.165, 1.54) is 25.7 Å². The Kier molecular flexibility index (Phi) is 12.8. The van der Waals surface area contributed by atoms with Crippen molar-refractivity contribution in [3.63, 3.8) is 0 Å². The van der Waals surface area contributed by atoms with Gasteiger partial charge in [-0.2, -0.15) is 0 Å². The molecule has 1 aromatic rings. The van der Waals surface area contributed by atoms with E-state index in [1.54, 1.807) is 0 Å². The predicted octanol–water partition coefficient (Wildman–Crippen LogP) is 7.01. The quantitative estimate of drug-likeness (QED) is 0.224. The van der Waals surface area contributed by atoms with E-state index in [-0.39, 0.29) is 24.0 Å². The molecule has 0 saturated heterocycles. The molecule has 32 heavy (non-hydrogen) atoms. The molecule has 0 spiro atoms. The van der Waals surface area contributed by atoms with Crippen molar-refractivity contribution in [1.29, 1.82) is 0 Å². The fourth-order valence-electron chi connectivity index (χ4n) is 3.06. The van der Waals surface area contributed by atoms with Gasteiger partial charge < -0.3 is 14.5 Å². The number of nitrogens with one attached hydrogen (secondary N) is 1. The van der Waals surface area contributed by atoms with Crippen molar-refractivity contribution in [3.8, 4) is 0 Å². The smallest absolute Gasteiger partial charge is 0.408 e. The molecule has 0 bridgehead atoms. The molecule has 0 heterocycles. The third kappa shape index (κ3) is 11.3. The third-order valence-electron chi connectivity index (χ3n) is 6.34. The number of carbonyl (C=O) groups excluding carboxylic acids is 2. The van der Waals surface area contributed by atoms with E-state index in [0.29, 0.717) is 6.42 Å². The SMILES string of the molecule is CCCCCCCCCC(=O)[C@@H](CO[Si](C)(C)C(C)(C)C)NC(=O)OCc1ccccc1. The molecule has 1 N–H and O–H groups in total. The van der Waals surface area contributed by atoms with E-state index in [2.05, 4.69) is 46.1 Å². The van der Waals surface area contributed by atoms with Crippen molar-refractivity contribution in [2.24, 2.45) is 0 Å². The van der Waals surface area contributed by atoms with Gasteiger partial charge in [-0.15, -0.1) is 0 Å². The third-order valence-corrected chi connectivity index (χ3v) is 10.8. The molecular weight excluding hydrogens is 418 g/mol. The zero-order chi connectivity index (χ0) is 24.0. The van der Waals surface area contributed by atoms with Crippen molar-refractivity contribution in [2.45, 2.75) is 110 Å². The van der Waals surface area contributed by atoms with Crippen molar-refractivity contribution < 1.29 is 18.8 Å². The van der Waals surface area contributed by atoms with E-state index in [4.69, 9.17) is 9.16 Å². The van der Waals surface area contributed by atoms with Gasteiger partial charge in [-0.25, -0.2) is 4.79 Å². The summed E-state index contributed by atoms with van der Waals surface area (Å²) < 4.78 is 11.6. The van der Waals surface area contributed by atoms with Crippen molar-refractivity contribution in [2.75, 3.05) is 6.61 Å². The molecule has 5 nitrogen and oxygen atoms in total. The summed E-state index contributed by atoms with van der Waals surface area (Å²) >= 11 is 0. The summed E-state index contributed by atoms with van der Waals surface area (Å²) in [4.78, 5) is 25.3. The van der Waals surface area contributed by atoms with Gasteiger partial charge in [0.1, 0.15) is 12.6 Å². The number of ether oxygens (including phenoxy) is 1. The zero-order valence-electron chi connectivity index (χ0n) is 21.2. The molecule has 0 saturated carbocycles. The van der Waals surface area contributed by atoms with Gasteiger partial charge in [0.25, 0.3) is 0 Å². The molecule has 0 aromatic heterocycles. The summed E-state index contributed by atoms with van der Waals surface area (Å²) in [5.41, 5.74) is 0.908. The van der Waals surface area contributed by atoms with E-state index in [0.717, 1.165) is 24.8 Å². The van der Waals surface area contributed by atoms with E-state index < -0.39 is 20.5 Å². The summed E-state index contributed by atoms with van der Waals surface area (Å²) in [5, 5.41) is 2.80. The van der Waals surface area contributed by atoms with Gasteiger partial charge in [0, 0.05) is 6.42 Å². The van der Waals surface area contributed by atoms with Crippen LogP contribution in [0.3, 0.4) is 0 Å². The van der Waals surface area contributed by atoms with Gasteiger partial charge in [0.2, 0.25) is 0 Å². The number of alkyl carbamates (subject to hydrolysis) is 1. The van der Waals surface area contributed by atoms with Crippen LogP contribution in [0.2, 0.25) is 18.1 Å². The molecule has 0 radical (unpaired) electrons. The van der Waals surface area contributed by atoms with Crippen LogP contribution >= 0.6 is 0 Å². The van der Waals surface area contributed by atoms with Gasteiger partial charge in [-0.05, 0) is 30.1 Å². The average molecular weight is 464 g/mol. The van der Waals surface area contributed by atoms with Crippen LogP contribution in [0.15, 0.2) is 30.3 Å². The highest BCUT2D eigenvalue weighted by molar-refractivity contribution is 6.74. The lowest BCUT2D eigenvalue weighted by molar-refractivity contribution is -0.121. The van der Waals surface area contributed by atoms with Gasteiger partial charge in [-0.1, -0.05) is 96.6 Å². The zero-order valence-corrected chi connectivity index (χ0v) is 22.2.